The van der Waals surface area contributed by atoms with Crippen LogP contribution >= 0.6 is 82.9 Å². The highest BCUT2D eigenvalue weighted by Gasteiger charge is 2.41. The fourth-order valence-electron chi connectivity index (χ4n) is 13.3. The van der Waals surface area contributed by atoms with Crippen molar-refractivity contribution in [1.82, 2.24) is 32.5 Å². The highest BCUT2D eigenvalue weighted by molar-refractivity contribution is 8.01. The number of nitrogens with zero attached hydrogens (tertiary/aromatic N) is 7. The minimum atomic E-state index is 0.692. The Hall–Kier alpha value is 2.17. The van der Waals surface area contributed by atoms with Crippen molar-refractivity contribution in [1.29, 1.82) is 0 Å². The summed E-state index contributed by atoms with van der Waals surface area (Å²) >= 11 is 14.4. The van der Waals surface area contributed by atoms with E-state index in [1.54, 1.807) is 0 Å². The summed E-state index contributed by atoms with van der Waals surface area (Å²) in [5.41, 5.74) is 0. The van der Waals surface area contributed by atoms with Crippen LogP contribution in [-0.2, 0) is 0 Å². The largest absolute Gasteiger partial charge is 0.291 e. The van der Waals surface area contributed by atoms with Gasteiger partial charge < -0.3 is 0 Å². The zero-order valence-corrected chi connectivity index (χ0v) is 62.9. The molecule has 7 rings (SSSR count). The minimum absolute atomic E-state index is 0.692. The van der Waals surface area contributed by atoms with Crippen molar-refractivity contribution < 1.29 is 0 Å². The molecule has 7 aliphatic heterocycles. The summed E-state index contributed by atoms with van der Waals surface area (Å²) in [6.07, 6.45) is 0. The maximum atomic E-state index is 2.59. The Labute approximate surface area is 514 Å². The summed E-state index contributed by atoms with van der Waals surface area (Å²) in [5, 5.41) is 8.51. The lowest BCUT2D eigenvalue weighted by atomic mass is 9.87. The van der Waals surface area contributed by atoms with Crippen LogP contribution in [0.2, 0.25) is 0 Å². The molecule has 77 heavy (non-hydrogen) atoms. The lowest BCUT2D eigenvalue weighted by Gasteiger charge is -2.29. The second kappa shape index (κ2) is 35.7. The van der Waals surface area contributed by atoms with Crippen molar-refractivity contribution in [3.05, 3.63) is 0 Å². The Balaban J connectivity index is 0.000000449. The fourth-order valence-corrected chi connectivity index (χ4v) is 24.1. The second-order valence-electron chi connectivity index (χ2n) is 27.1. The van der Waals surface area contributed by atoms with E-state index in [1.165, 1.54) is 0 Å². The van der Waals surface area contributed by atoms with Crippen molar-refractivity contribution >= 4 is 82.9 Å². The lowest BCUT2D eigenvalue weighted by molar-refractivity contribution is 0.174. The molecular weight excluding hydrogens is 1080 g/mol. The summed E-state index contributed by atoms with van der Waals surface area (Å²) in [6, 6.07) is 5.96. The van der Waals surface area contributed by atoms with Crippen molar-refractivity contribution in [3.63, 3.8) is 0 Å². The highest BCUT2D eigenvalue weighted by atomic mass is 32.2. The molecule has 7 nitrogen and oxygen atoms in total. The molecule has 0 aromatic carbocycles. The molecule has 0 spiro atoms. The maximum Gasteiger partial charge on any atom is 0.0583 e. The van der Waals surface area contributed by atoms with E-state index in [-0.39, 0.29) is 0 Å². The van der Waals surface area contributed by atoms with Crippen molar-refractivity contribution in [3.8, 4) is 0 Å². The first-order valence-electron chi connectivity index (χ1n) is 31.0. The summed E-state index contributed by atoms with van der Waals surface area (Å²) < 4.78 is 7.23. The molecule has 0 aromatic rings. The zero-order valence-electron chi connectivity index (χ0n) is 57.2. The Morgan fingerprint density at radius 3 is 0.935 bits per heavy atom. The molecule has 21 atom stereocenters. The number of hydrogen-bond donors (Lipinski definition) is 0. The van der Waals surface area contributed by atoms with Gasteiger partial charge in [0, 0.05) is 85.1 Å². The molecule has 7 fully saturated rings. The van der Waals surface area contributed by atoms with E-state index >= 15 is 0 Å². The average molecular weight is 1210 g/mol. The van der Waals surface area contributed by atoms with E-state index in [4.69, 9.17) is 0 Å². The van der Waals surface area contributed by atoms with E-state index in [1.807, 2.05) is 35.8 Å². The zero-order chi connectivity index (χ0) is 60.2. The highest BCUT2D eigenvalue weighted by Crippen LogP contribution is 2.44. The lowest BCUT2D eigenvalue weighted by Crippen LogP contribution is -2.40. The molecular formula is C63H133N7S7. The monoisotopic (exact) mass is 1210 g/mol. The molecule has 462 valence electrons. The third-order valence-electron chi connectivity index (χ3n) is 18.8. The van der Waals surface area contributed by atoms with Gasteiger partial charge in [0.05, 0.1) is 21.5 Å². The Morgan fingerprint density at radius 1 is 0.299 bits per heavy atom. The van der Waals surface area contributed by atoms with Crippen LogP contribution in [0.1, 0.15) is 201 Å². The van der Waals surface area contributed by atoms with E-state index in [2.05, 4.69) is 323 Å². The summed E-state index contributed by atoms with van der Waals surface area (Å²) in [4.78, 5) is 10.1. The van der Waals surface area contributed by atoms with Crippen molar-refractivity contribution in [2.45, 2.75) is 307 Å². The van der Waals surface area contributed by atoms with Gasteiger partial charge in [0.25, 0.3) is 0 Å². The normalized spacial score (nSPS) is 40.4. The van der Waals surface area contributed by atoms with Crippen LogP contribution in [0.5, 0.6) is 0 Å². The van der Waals surface area contributed by atoms with Crippen LogP contribution in [0.15, 0.2) is 0 Å². The molecule has 0 aromatic heterocycles. The number of rotatable bonds is 7. The smallest absolute Gasteiger partial charge is 0.0583 e. The second-order valence-corrected chi connectivity index (χ2v) is 37.9. The van der Waals surface area contributed by atoms with Gasteiger partial charge in [-0.2, -0.15) is 0 Å². The van der Waals surface area contributed by atoms with Gasteiger partial charge in [-0.3, -0.25) is 28.2 Å². The molecule has 7 aliphatic rings. The van der Waals surface area contributed by atoms with E-state index in [9.17, 15) is 0 Å². The van der Waals surface area contributed by atoms with Gasteiger partial charge in [0.15, 0.2) is 0 Å². The van der Waals surface area contributed by atoms with Crippen LogP contribution in [-0.4, -0.2) is 181 Å². The number of hydrogen-bond acceptors (Lipinski definition) is 14. The Kier molecular flexibility index (Phi) is 35.8. The quantitative estimate of drug-likeness (QED) is 0.226. The molecule has 0 N–H and O–H groups in total. The summed E-state index contributed by atoms with van der Waals surface area (Å²) in [6.45, 7) is 67.3. The van der Waals surface area contributed by atoms with Gasteiger partial charge in [-0.1, -0.05) is 167 Å². The first kappa shape index (κ1) is 77.2. The third kappa shape index (κ3) is 22.4. The summed E-state index contributed by atoms with van der Waals surface area (Å²) in [5.74, 6) is 7.32. The number of thioether (sulfide) groups is 4. The fraction of sp³-hybridized carbons (Fsp3) is 1.00. The molecule has 7 saturated heterocycles. The van der Waals surface area contributed by atoms with E-state index in [0.29, 0.717) is 22.2 Å². The first-order chi connectivity index (χ1) is 35.3. The predicted octanol–water partition coefficient (Wildman–Crippen LogP) is 17.7. The van der Waals surface area contributed by atoms with Crippen LogP contribution < -0.4 is 0 Å². The molecule has 0 aliphatic carbocycles. The molecule has 0 radical (unpaired) electrons. The van der Waals surface area contributed by atoms with Gasteiger partial charge in [-0.15, -0.1) is 47.0 Å². The molecule has 0 saturated carbocycles. The first-order valence-corrected chi connectivity index (χ1v) is 37.3. The van der Waals surface area contributed by atoms with Crippen LogP contribution in [0.25, 0.3) is 0 Å². The summed E-state index contributed by atoms with van der Waals surface area (Å²) in [7, 11) is 13.3. The Morgan fingerprint density at radius 2 is 0.753 bits per heavy atom. The van der Waals surface area contributed by atoms with E-state index < -0.39 is 0 Å². The van der Waals surface area contributed by atoms with Crippen LogP contribution in [0, 0.1) is 53.3 Å². The topological polar surface area (TPSA) is 22.7 Å². The van der Waals surface area contributed by atoms with Crippen LogP contribution in [0.4, 0.5) is 0 Å². The molecule has 7 heterocycles. The van der Waals surface area contributed by atoms with Gasteiger partial charge >= 0.3 is 0 Å². The Bertz CT molecular complexity index is 1370. The minimum Gasteiger partial charge on any atom is -0.291 e. The molecule has 14 heteroatoms. The standard InChI is InChI=1S/7C9H19NS/c1-6(2)9-7(3)11-8(4)10(9)5;1-6(2)9-7(3)10(5)8(4)11-9;1-6(2)9-7(3)10(5)11-8(9)4;1-6(2)9-10(5)7(3)8(4)11-9;1-6(2)9-7(3)8(4)11-10(9)5;1-6(2)9-7(3)8(4)10(5)11-9;1-6(2)10-7(3)8(4)11-9(10)5/h7*6-9H,1-5H3. The SMILES string of the molecule is CC(C)C1C(C)C(C)SN1C.CC(C)C1C(C)SC(C)N1C.CC(C)C1C(C)SN(C)C1C.CC(C)C1SC(C)C(C)N1C.CC(C)C1SC(C)N(C)C1C.CC(C)C1SN(C)C(C)C1C.CC1SC(C)N(C(C)C)C1C. The van der Waals surface area contributed by atoms with Crippen molar-refractivity contribution in [2.24, 2.45) is 53.3 Å². The van der Waals surface area contributed by atoms with Crippen molar-refractivity contribution in [2.75, 3.05) is 42.3 Å². The average Bonchev–Trinajstić information content (AvgIpc) is 4.12. The van der Waals surface area contributed by atoms with Gasteiger partial charge in [0.2, 0.25) is 0 Å². The van der Waals surface area contributed by atoms with Gasteiger partial charge in [-0.25, -0.2) is 4.31 Å². The molecule has 0 amide bonds. The van der Waals surface area contributed by atoms with Gasteiger partial charge in [0.1, 0.15) is 0 Å². The van der Waals surface area contributed by atoms with Crippen LogP contribution in [0.3, 0.4) is 0 Å². The third-order valence-corrected chi connectivity index (χ3v) is 30.2. The molecule has 0 bridgehead atoms. The van der Waals surface area contributed by atoms with E-state index in [0.717, 1.165) is 138 Å². The predicted molar refractivity (Wildman–Crippen MR) is 369 cm³/mol. The van der Waals surface area contributed by atoms with Gasteiger partial charge in [-0.05, 0) is 165 Å². The molecule has 21 unspecified atom stereocenters. The maximum absolute atomic E-state index is 2.59.